The molecule has 4 heterocycles. The summed E-state index contributed by atoms with van der Waals surface area (Å²) in [4.78, 5) is 7.92. The van der Waals surface area contributed by atoms with Crippen molar-refractivity contribution in [3.8, 4) is 11.4 Å². The molecule has 47 heavy (non-hydrogen) atoms. The molecule has 0 aliphatic rings. The van der Waals surface area contributed by atoms with Gasteiger partial charge in [-0.15, -0.1) is 24.3 Å². The van der Waals surface area contributed by atoms with Gasteiger partial charge in [-0.1, -0.05) is 41.5 Å². The van der Waals surface area contributed by atoms with Crippen molar-refractivity contribution in [3.63, 3.8) is 0 Å². The zero-order valence-corrected chi connectivity index (χ0v) is 29.3. The minimum absolute atomic E-state index is 0. The van der Waals surface area contributed by atoms with Gasteiger partial charge in [0.05, 0.1) is 0 Å². The average molecular weight is 821 g/mol. The largest absolute Gasteiger partial charge is 0.284 e. The Morgan fingerprint density at radius 1 is 0.553 bits per heavy atom. The van der Waals surface area contributed by atoms with Gasteiger partial charge in [-0.2, -0.15) is 22.3 Å². The van der Waals surface area contributed by atoms with E-state index in [1.165, 1.54) is 32.9 Å². The molecule has 0 saturated carbocycles. The quantitative estimate of drug-likeness (QED) is 0.130. The minimum atomic E-state index is -0.677. The van der Waals surface area contributed by atoms with Gasteiger partial charge >= 0.3 is 0 Å². The molecule has 0 spiro atoms. The van der Waals surface area contributed by atoms with Gasteiger partial charge in [-0.05, 0) is 69.7 Å². The molecule has 0 aliphatic carbocycles. The Morgan fingerprint density at radius 2 is 0.894 bits per heavy atom. The van der Waals surface area contributed by atoms with E-state index in [4.69, 9.17) is 0 Å². The van der Waals surface area contributed by atoms with E-state index in [0.29, 0.717) is 0 Å². The molecule has 11 heteroatoms. The van der Waals surface area contributed by atoms with Crippen LogP contribution in [-0.2, 0) is 30.9 Å². The Morgan fingerprint density at radius 3 is 1.13 bits per heavy atom. The van der Waals surface area contributed by atoms with Crippen LogP contribution < -0.4 is 0 Å². The summed E-state index contributed by atoms with van der Waals surface area (Å²) in [6.45, 7) is 13.2. The average Bonchev–Trinajstić information content (AvgIpc) is 3.74. The second kappa shape index (κ2) is 18.0. The number of aromatic nitrogens is 6. The Hall–Kier alpha value is -4.47. The van der Waals surface area contributed by atoms with Crippen LogP contribution in [0.3, 0.4) is 0 Å². The standard InChI is InChI=1S/2C9H5F2N2.2C9H13N.Ir/c2*10-7-2-3-9(8(11)6-7)13-5-1-4-12-13;2*1-9(2,3)8-4-6-10-7-5-8;/h2*1-2,4-6H;2*4-7H,1-3H3;/q2*-1;;;. The molecule has 0 amide bonds. The minimum Gasteiger partial charge on any atom is -0.284 e. The van der Waals surface area contributed by atoms with Crippen molar-refractivity contribution >= 4 is 0 Å². The number of pyridine rings is 2. The molecule has 6 nitrogen and oxygen atoms in total. The third-order valence-corrected chi connectivity index (χ3v) is 6.23. The molecule has 1 radical (unpaired) electrons. The molecule has 249 valence electrons. The van der Waals surface area contributed by atoms with Gasteiger partial charge in [-0.25, -0.2) is 0 Å². The first kappa shape index (κ1) is 38.7. The molecular formula is C36H36F4IrN6-2. The van der Waals surface area contributed by atoms with Crippen molar-refractivity contribution in [3.05, 3.63) is 157 Å². The number of nitrogens with zero attached hydrogens (tertiary/aromatic N) is 6. The molecule has 4 aromatic heterocycles. The first-order chi connectivity index (χ1) is 21.8. The van der Waals surface area contributed by atoms with Crippen molar-refractivity contribution in [1.82, 2.24) is 29.5 Å². The van der Waals surface area contributed by atoms with Gasteiger partial charge in [0.2, 0.25) is 0 Å². The monoisotopic (exact) mass is 821 g/mol. The van der Waals surface area contributed by atoms with Gasteiger partial charge < -0.3 is 0 Å². The van der Waals surface area contributed by atoms with E-state index in [1.807, 2.05) is 24.8 Å². The zero-order chi connectivity index (χ0) is 33.7. The van der Waals surface area contributed by atoms with Crippen LogP contribution >= 0.6 is 0 Å². The van der Waals surface area contributed by atoms with Gasteiger partial charge in [0.15, 0.2) is 0 Å². The van der Waals surface area contributed by atoms with Gasteiger partial charge in [0.1, 0.15) is 0 Å². The molecule has 0 fully saturated rings. The second-order valence-electron chi connectivity index (χ2n) is 11.9. The first-order valence-electron chi connectivity index (χ1n) is 14.3. The van der Waals surface area contributed by atoms with Gasteiger partial charge in [-0.3, -0.25) is 36.9 Å². The van der Waals surface area contributed by atoms with Crippen molar-refractivity contribution in [1.29, 1.82) is 0 Å². The molecular weight excluding hydrogens is 785 g/mol. The number of benzene rings is 2. The Kier molecular flexibility index (Phi) is 14.8. The summed E-state index contributed by atoms with van der Waals surface area (Å²) in [5.41, 5.74) is 3.41. The van der Waals surface area contributed by atoms with Crippen molar-refractivity contribution < 1.29 is 37.7 Å². The molecule has 0 bridgehead atoms. The number of rotatable bonds is 2. The van der Waals surface area contributed by atoms with Crippen LogP contribution in [0.1, 0.15) is 52.7 Å². The van der Waals surface area contributed by atoms with Crippen LogP contribution in [-0.4, -0.2) is 29.5 Å². The molecule has 0 unspecified atom stereocenters. The van der Waals surface area contributed by atoms with Crippen LogP contribution in [0.25, 0.3) is 11.4 Å². The van der Waals surface area contributed by atoms with E-state index in [1.54, 1.807) is 24.5 Å². The fourth-order valence-corrected chi connectivity index (χ4v) is 3.73. The normalized spacial score (nSPS) is 10.6. The first-order valence-corrected chi connectivity index (χ1v) is 14.3. The number of hydrogen-bond donors (Lipinski definition) is 0. The number of halogens is 4. The van der Waals surface area contributed by atoms with Crippen LogP contribution in [0, 0.1) is 35.4 Å². The second-order valence-corrected chi connectivity index (χ2v) is 11.9. The maximum atomic E-state index is 13.1. The van der Waals surface area contributed by atoms with Crippen molar-refractivity contribution in [2.75, 3.05) is 0 Å². The Bertz CT molecular complexity index is 1600. The summed E-state index contributed by atoms with van der Waals surface area (Å²) in [5, 5.41) is 7.60. The van der Waals surface area contributed by atoms with E-state index in [2.05, 4.69) is 98.1 Å². The molecule has 0 saturated heterocycles. The topological polar surface area (TPSA) is 61.4 Å². The third kappa shape index (κ3) is 12.7. The van der Waals surface area contributed by atoms with Crippen LogP contribution in [0.5, 0.6) is 0 Å². The van der Waals surface area contributed by atoms with E-state index in [9.17, 15) is 17.6 Å². The van der Waals surface area contributed by atoms with Crippen molar-refractivity contribution in [2.24, 2.45) is 0 Å². The summed E-state index contributed by atoms with van der Waals surface area (Å²) in [6.07, 6.45) is 13.5. The maximum Gasteiger partial charge on any atom is 0.0493 e. The van der Waals surface area contributed by atoms with Crippen LogP contribution in [0.2, 0.25) is 0 Å². The van der Waals surface area contributed by atoms with E-state index >= 15 is 0 Å². The predicted molar refractivity (Wildman–Crippen MR) is 171 cm³/mol. The molecule has 0 aliphatic heterocycles. The van der Waals surface area contributed by atoms with Crippen LogP contribution in [0.15, 0.2) is 110 Å². The van der Waals surface area contributed by atoms with E-state index < -0.39 is 23.3 Å². The molecule has 6 aromatic rings. The van der Waals surface area contributed by atoms with E-state index in [-0.39, 0.29) is 42.3 Å². The molecule has 0 N–H and O–H groups in total. The van der Waals surface area contributed by atoms with Crippen molar-refractivity contribution in [2.45, 2.75) is 52.4 Å². The Labute approximate surface area is 286 Å². The fourth-order valence-electron chi connectivity index (χ4n) is 3.73. The molecule has 6 rings (SSSR count). The maximum absolute atomic E-state index is 13.1. The summed E-state index contributed by atoms with van der Waals surface area (Å²) in [7, 11) is 0. The zero-order valence-electron chi connectivity index (χ0n) is 26.9. The molecule has 0 atom stereocenters. The third-order valence-electron chi connectivity index (χ3n) is 6.23. The van der Waals surface area contributed by atoms with Gasteiger partial charge in [0.25, 0.3) is 0 Å². The molecule has 2 aromatic carbocycles. The summed E-state index contributed by atoms with van der Waals surface area (Å²) in [5.74, 6) is -2.64. The number of hydrogen-bond acceptors (Lipinski definition) is 4. The fraction of sp³-hybridized carbons (Fsp3) is 0.222. The summed E-state index contributed by atoms with van der Waals surface area (Å²) < 4.78 is 53.7. The smallest absolute Gasteiger partial charge is 0.0493 e. The summed E-state index contributed by atoms with van der Waals surface area (Å²) >= 11 is 0. The SMILES string of the molecule is CC(C)(C)c1ccncc1.CC(C)(C)c1ccncc1.Fc1c[c-]c(-n2cccn2)c(F)c1.Fc1c[c-]c(-n2cccn2)c(F)c1.[Ir]. The van der Waals surface area contributed by atoms with E-state index in [0.717, 1.165) is 24.3 Å². The summed E-state index contributed by atoms with van der Waals surface area (Å²) in [6, 6.07) is 20.2. The Balaban J connectivity index is 0.000000218. The van der Waals surface area contributed by atoms with Crippen LogP contribution in [0.4, 0.5) is 17.6 Å². The predicted octanol–water partition coefficient (Wildman–Crippen LogP) is 8.66. The van der Waals surface area contributed by atoms with Gasteiger partial charge in [0, 0.05) is 92.9 Å².